The van der Waals surface area contributed by atoms with Crippen LogP contribution in [0.1, 0.15) is 46.5 Å². The molecule has 2 rings (SSSR count). The van der Waals surface area contributed by atoms with Gasteiger partial charge in [0.15, 0.2) is 0 Å². The summed E-state index contributed by atoms with van der Waals surface area (Å²) in [4.78, 5) is 12.7. The molecule has 0 aromatic carbocycles. The molecule has 18 heavy (non-hydrogen) atoms. The van der Waals surface area contributed by atoms with Crippen LogP contribution in [0.15, 0.2) is 0 Å². The van der Waals surface area contributed by atoms with Gasteiger partial charge in [0.2, 0.25) is 5.91 Å². The molecule has 4 heteroatoms. The van der Waals surface area contributed by atoms with Gasteiger partial charge in [-0.1, -0.05) is 20.8 Å². The predicted octanol–water partition coefficient (Wildman–Crippen LogP) is 2.00. The molecule has 0 spiro atoms. The molecule has 1 aliphatic heterocycles. The van der Waals surface area contributed by atoms with Crippen molar-refractivity contribution in [1.29, 1.82) is 5.26 Å². The van der Waals surface area contributed by atoms with E-state index in [2.05, 4.69) is 32.2 Å². The fourth-order valence-corrected chi connectivity index (χ4v) is 2.76. The number of nitriles is 1. The van der Waals surface area contributed by atoms with E-state index in [1.807, 2.05) is 0 Å². The SMILES string of the molecule is CC(C)(C)C1(C(=O)NC2(C#N)CC2)CCOCC1. The summed E-state index contributed by atoms with van der Waals surface area (Å²) >= 11 is 0. The molecule has 0 bridgehead atoms. The third-order valence-corrected chi connectivity index (χ3v) is 4.53. The van der Waals surface area contributed by atoms with Gasteiger partial charge in [-0.05, 0) is 31.1 Å². The topological polar surface area (TPSA) is 62.1 Å². The summed E-state index contributed by atoms with van der Waals surface area (Å²) in [7, 11) is 0. The Labute approximate surface area is 109 Å². The highest BCUT2D eigenvalue weighted by Gasteiger charge is 2.53. The van der Waals surface area contributed by atoms with Gasteiger partial charge in [0.05, 0.1) is 11.5 Å². The van der Waals surface area contributed by atoms with Crippen LogP contribution in [-0.2, 0) is 9.53 Å². The first-order valence-electron chi connectivity index (χ1n) is 6.67. The molecule has 0 atom stereocenters. The second-order valence-corrected chi connectivity index (χ2v) is 6.59. The third-order valence-electron chi connectivity index (χ3n) is 4.53. The molecule has 1 aliphatic carbocycles. The van der Waals surface area contributed by atoms with Crippen molar-refractivity contribution in [3.63, 3.8) is 0 Å². The zero-order valence-electron chi connectivity index (χ0n) is 11.5. The van der Waals surface area contributed by atoms with Gasteiger partial charge in [-0.2, -0.15) is 5.26 Å². The van der Waals surface area contributed by atoms with Gasteiger partial charge in [0.1, 0.15) is 5.54 Å². The van der Waals surface area contributed by atoms with E-state index < -0.39 is 11.0 Å². The smallest absolute Gasteiger partial charge is 0.228 e. The fraction of sp³-hybridized carbons (Fsp3) is 0.857. The Morgan fingerprint density at radius 2 is 1.78 bits per heavy atom. The van der Waals surface area contributed by atoms with Crippen LogP contribution < -0.4 is 5.32 Å². The Morgan fingerprint density at radius 3 is 2.17 bits per heavy atom. The van der Waals surface area contributed by atoms with Crippen molar-refractivity contribution in [3.8, 4) is 6.07 Å². The van der Waals surface area contributed by atoms with Crippen LogP contribution in [0.2, 0.25) is 0 Å². The molecule has 1 saturated carbocycles. The minimum atomic E-state index is -0.576. The Morgan fingerprint density at radius 1 is 1.22 bits per heavy atom. The second kappa shape index (κ2) is 4.24. The van der Waals surface area contributed by atoms with Crippen molar-refractivity contribution in [3.05, 3.63) is 0 Å². The number of carbonyl (C=O) groups is 1. The molecule has 1 N–H and O–H groups in total. The van der Waals surface area contributed by atoms with E-state index in [9.17, 15) is 4.79 Å². The molecular weight excluding hydrogens is 228 g/mol. The predicted molar refractivity (Wildman–Crippen MR) is 67.7 cm³/mol. The molecule has 100 valence electrons. The summed E-state index contributed by atoms with van der Waals surface area (Å²) < 4.78 is 5.40. The van der Waals surface area contributed by atoms with E-state index in [0.29, 0.717) is 13.2 Å². The highest BCUT2D eigenvalue weighted by molar-refractivity contribution is 5.85. The molecule has 1 amide bonds. The van der Waals surface area contributed by atoms with Crippen molar-refractivity contribution in [1.82, 2.24) is 5.32 Å². The number of nitrogens with zero attached hydrogens (tertiary/aromatic N) is 1. The molecule has 1 heterocycles. The number of hydrogen-bond acceptors (Lipinski definition) is 3. The number of carbonyl (C=O) groups excluding carboxylic acids is 1. The van der Waals surface area contributed by atoms with E-state index in [1.54, 1.807) is 0 Å². The van der Waals surface area contributed by atoms with Crippen molar-refractivity contribution >= 4 is 5.91 Å². The van der Waals surface area contributed by atoms with E-state index in [4.69, 9.17) is 10.00 Å². The van der Waals surface area contributed by atoms with Gasteiger partial charge >= 0.3 is 0 Å². The minimum Gasteiger partial charge on any atom is -0.381 e. The summed E-state index contributed by atoms with van der Waals surface area (Å²) in [5.74, 6) is 0.0392. The number of rotatable bonds is 2. The lowest BCUT2D eigenvalue weighted by Crippen LogP contribution is -2.54. The van der Waals surface area contributed by atoms with E-state index in [1.165, 1.54) is 0 Å². The number of nitrogens with one attached hydrogen (secondary N) is 1. The van der Waals surface area contributed by atoms with Crippen LogP contribution in [-0.4, -0.2) is 24.7 Å². The highest BCUT2D eigenvalue weighted by Crippen LogP contribution is 2.48. The van der Waals surface area contributed by atoms with Gasteiger partial charge < -0.3 is 10.1 Å². The maximum Gasteiger partial charge on any atom is 0.228 e. The third kappa shape index (κ3) is 2.12. The van der Waals surface area contributed by atoms with Gasteiger partial charge in [-0.15, -0.1) is 0 Å². The summed E-state index contributed by atoms with van der Waals surface area (Å²) in [5, 5.41) is 12.1. The largest absolute Gasteiger partial charge is 0.381 e. The molecule has 1 saturated heterocycles. The first kappa shape index (κ1) is 13.4. The number of ether oxygens (including phenoxy) is 1. The maximum absolute atomic E-state index is 12.7. The highest BCUT2D eigenvalue weighted by atomic mass is 16.5. The van der Waals surface area contributed by atoms with Crippen molar-refractivity contribution in [2.45, 2.75) is 52.0 Å². The minimum absolute atomic E-state index is 0.0392. The molecular formula is C14H22N2O2. The summed E-state index contributed by atoms with van der Waals surface area (Å²) in [6, 6.07) is 2.23. The van der Waals surface area contributed by atoms with E-state index in [-0.39, 0.29) is 11.3 Å². The first-order valence-corrected chi connectivity index (χ1v) is 6.67. The molecule has 2 aliphatic rings. The first-order chi connectivity index (χ1) is 8.35. The number of amides is 1. The monoisotopic (exact) mass is 250 g/mol. The lowest BCUT2D eigenvalue weighted by molar-refractivity contribution is -0.147. The summed E-state index contributed by atoms with van der Waals surface area (Å²) in [5.41, 5.74) is -1.10. The van der Waals surface area contributed by atoms with Gasteiger partial charge in [0.25, 0.3) is 0 Å². The zero-order chi connectivity index (χ0) is 13.4. The lowest BCUT2D eigenvalue weighted by atomic mass is 9.61. The zero-order valence-corrected chi connectivity index (χ0v) is 11.5. The summed E-state index contributed by atoms with van der Waals surface area (Å²) in [6.45, 7) is 7.56. The quantitative estimate of drug-likeness (QED) is 0.815. The van der Waals surface area contributed by atoms with Crippen molar-refractivity contribution < 1.29 is 9.53 Å². The Kier molecular flexibility index (Phi) is 3.14. The van der Waals surface area contributed by atoms with Crippen LogP contribution >= 0.6 is 0 Å². The Balaban J connectivity index is 2.19. The Bertz CT molecular complexity index is 380. The molecule has 2 fully saturated rings. The molecule has 0 aromatic heterocycles. The molecule has 0 unspecified atom stereocenters. The lowest BCUT2D eigenvalue weighted by Gasteiger charge is -2.46. The standard InChI is InChI=1S/C14H22N2O2/c1-12(2,3)14(6-8-18-9-7-14)11(17)16-13(10-15)4-5-13/h4-9H2,1-3H3,(H,16,17). The van der Waals surface area contributed by atoms with Crippen LogP contribution in [0.25, 0.3) is 0 Å². The van der Waals surface area contributed by atoms with E-state index in [0.717, 1.165) is 25.7 Å². The summed E-state index contributed by atoms with van der Waals surface area (Å²) in [6.07, 6.45) is 3.05. The Hall–Kier alpha value is -1.08. The molecule has 0 radical (unpaired) electrons. The van der Waals surface area contributed by atoms with Crippen LogP contribution in [0.3, 0.4) is 0 Å². The average molecular weight is 250 g/mol. The van der Waals surface area contributed by atoms with Gasteiger partial charge in [-0.3, -0.25) is 4.79 Å². The second-order valence-electron chi connectivity index (χ2n) is 6.59. The van der Waals surface area contributed by atoms with Crippen LogP contribution in [0.4, 0.5) is 0 Å². The fourth-order valence-electron chi connectivity index (χ4n) is 2.76. The molecule has 4 nitrogen and oxygen atoms in total. The van der Waals surface area contributed by atoms with Crippen molar-refractivity contribution in [2.24, 2.45) is 10.8 Å². The number of hydrogen-bond donors (Lipinski definition) is 1. The maximum atomic E-state index is 12.7. The van der Waals surface area contributed by atoms with Gasteiger partial charge in [0, 0.05) is 13.2 Å². The van der Waals surface area contributed by atoms with E-state index >= 15 is 0 Å². The normalized spacial score (nSPS) is 25.0. The molecule has 0 aromatic rings. The van der Waals surface area contributed by atoms with Crippen LogP contribution in [0.5, 0.6) is 0 Å². The van der Waals surface area contributed by atoms with Gasteiger partial charge in [-0.25, -0.2) is 0 Å². The van der Waals surface area contributed by atoms with Crippen molar-refractivity contribution in [2.75, 3.05) is 13.2 Å². The van der Waals surface area contributed by atoms with Crippen LogP contribution in [0, 0.1) is 22.2 Å². The average Bonchev–Trinajstić information content (AvgIpc) is 3.09.